The number of rotatable bonds is 2. The van der Waals surface area contributed by atoms with Crippen LogP contribution in [0.3, 0.4) is 0 Å². The molecule has 8 heteroatoms. The maximum absolute atomic E-state index is 6.13. The molecule has 106 valence electrons. The summed E-state index contributed by atoms with van der Waals surface area (Å²) < 4.78 is 10.5. The van der Waals surface area contributed by atoms with E-state index in [1.165, 1.54) is 0 Å². The molecule has 1 fully saturated rings. The van der Waals surface area contributed by atoms with Gasteiger partial charge in [-0.05, 0) is 17.3 Å². The standard InChI is InChI=1S/C12H12Cl2N4O2/c13-7-1-2-8(14)10(15)9(7)11-16-12(17-20-11)18-3-5-19-6-4-18/h1-2H,3-6,15H2. The first-order valence-electron chi connectivity index (χ1n) is 6.07. The van der Waals surface area contributed by atoms with Gasteiger partial charge in [-0.25, -0.2) is 0 Å². The van der Waals surface area contributed by atoms with E-state index in [1.54, 1.807) is 12.1 Å². The van der Waals surface area contributed by atoms with E-state index in [-0.39, 0.29) is 5.89 Å². The predicted octanol–water partition coefficient (Wildman–Crippen LogP) is 2.46. The lowest BCUT2D eigenvalue weighted by molar-refractivity contribution is 0.121. The summed E-state index contributed by atoms with van der Waals surface area (Å²) in [6.45, 7) is 2.73. The van der Waals surface area contributed by atoms with Gasteiger partial charge in [0.05, 0.1) is 34.5 Å². The zero-order valence-electron chi connectivity index (χ0n) is 10.5. The maximum atomic E-state index is 6.13. The average molecular weight is 315 g/mol. The third-order valence-corrected chi connectivity index (χ3v) is 3.71. The molecule has 1 saturated heterocycles. The van der Waals surface area contributed by atoms with E-state index in [0.717, 1.165) is 13.1 Å². The Balaban J connectivity index is 1.96. The van der Waals surface area contributed by atoms with Crippen LogP contribution in [-0.2, 0) is 4.74 Å². The summed E-state index contributed by atoms with van der Waals surface area (Å²) in [5.74, 6) is 0.759. The van der Waals surface area contributed by atoms with Gasteiger partial charge in [-0.15, -0.1) is 0 Å². The summed E-state index contributed by atoms with van der Waals surface area (Å²) >= 11 is 12.1. The molecule has 1 aliphatic rings. The summed E-state index contributed by atoms with van der Waals surface area (Å²) in [6.07, 6.45) is 0. The number of hydrogen-bond acceptors (Lipinski definition) is 6. The van der Waals surface area contributed by atoms with Crippen LogP contribution < -0.4 is 10.6 Å². The smallest absolute Gasteiger partial charge is 0.266 e. The van der Waals surface area contributed by atoms with Crippen molar-refractivity contribution in [3.05, 3.63) is 22.2 Å². The van der Waals surface area contributed by atoms with Gasteiger partial charge in [0.2, 0.25) is 0 Å². The molecule has 3 rings (SSSR count). The molecule has 1 aliphatic heterocycles. The fourth-order valence-electron chi connectivity index (χ4n) is 1.99. The van der Waals surface area contributed by atoms with Gasteiger partial charge in [0.1, 0.15) is 0 Å². The minimum Gasteiger partial charge on any atom is -0.397 e. The zero-order valence-corrected chi connectivity index (χ0v) is 12.0. The highest BCUT2D eigenvalue weighted by molar-refractivity contribution is 6.37. The minimum atomic E-state index is 0.261. The highest BCUT2D eigenvalue weighted by atomic mass is 35.5. The van der Waals surface area contributed by atoms with Crippen LogP contribution in [0.2, 0.25) is 10.0 Å². The summed E-state index contributed by atoms with van der Waals surface area (Å²) in [7, 11) is 0. The van der Waals surface area contributed by atoms with Crippen molar-refractivity contribution in [2.45, 2.75) is 0 Å². The Labute approximate surface area is 125 Å². The normalized spacial score (nSPS) is 15.6. The molecular formula is C12H12Cl2N4O2. The first kappa shape index (κ1) is 13.5. The van der Waals surface area contributed by atoms with Crippen LogP contribution in [0.25, 0.3) is 11.5 Å². The number of morpholine rings is 1. The van der Waals surface area contributed by atoms with Gasteiger partial charge < -0.3 is 19.9 Å². The molecule has 20 heavy (non-hydrogen) atoms. The highest BCUT2D eigenvalue weighted by Crippen LogP contribution is 2.37. The van der Waals surface area contributed by atoms with Crippen molar-refractivity contribution in [3.63, 3.8) is 0 Å². The second kappa shape index (κ2) is 5.47. The summed E-state index contributed by atoms with van der Waals surface area (Å²) in [4.78, 5) is 6.31. The molecule has 0 atom stereocenters. The van der Waals surface area contributed by atoms with Crippen LogP contribution in [0.1, 0.15) is 0 Å². The van der Waals surface area contributed by atoms with E-state index < -0.39 is 0 Å². The van der Waals surface area contributed by atoms with Crippen LogP contribution in [0.5, 0.6) is 0 Å². The molecule has 0 spiro atoms. The Hall–Kier alpha value is -1.50. The molecule has 1 aromatic carbocycles. The molecule has 2 heterocycles. The lowest BCUT2D eigenvalue weighted by Crippen LogP contribution is -2.36. The van der Waals surface area contributed by atoms with E-state index in [9.17, 15) is 0 Å². The van der Waals surface area contributed by atoms with E-state index in [1.807, 2.05) is 4.90 Å². The fourth-order valence-corrected chi connectivity index (χ4v) is 2.40. The lowest BCUT2D eigenvalue weighted by atomic mass is 10.2. The number of nitrogen functional groups attached to an aromatic ring is 1. The third kappa shape index (κ3) is 2.42. The van der Waals surface area contributed by atoms with E-state index in [0.29, 0.717) is 40.5 Å². The largest absolute Gasteiger partial charge is 0.397 e. The Kier molecular flexibility index (Phi) is 3.69. The van der Waals surface area contributed by atoms with Gasteiger partial charge in [0.15, 0.2) is 0 Å². The van der Waals surface area contributed by atoms with Crippen molar-refractivity contribution in [1.82, 2.24) is 10.1 Å². The van der Waals surface area contributed by atoms with Gasteiger partial charge in [-0.2, -0.15) is 4.98 Å². The maximum Gasteiger partial charge on any atom is 0.266 e. The molecular weight excluding hydrogens is 303 g/mol. The second-order valence-corrected chi connectivity index (χ2v) is 5.13. The highest BCUT2D eigenvalue weighted by Gasteiger charge is 2.21. The molecule has 2 aromatic rings. The molecule has 0 radical (unpaired) electrons. The first-order valence-corrected chi connectivity index (χ1v) is 6.82. The molecule has 2 N–H and O–H groups in total. The number of hydrogen-bond donors (Lipinski definition) is 1. The molecule has 0 unspecified atom stereocenters. The van der Waals surface area contributed by atoms with Crippen LogP contribution in [0, 0.1) is 0 Å². The van der Waals surface area contributed by atoms with Gasteiger partial charge in [-0.1, -0.05) is 23.2 Å². The van der Waals surface area contributed by atoms with Gasteiger partial charge in [0, 0.05) is 13.1 Å². The topological polar surface area (TPSA) is 77.4 Å². The van der Waals surface area contributed by atoms with Crippen LogP contribution >= 0.6 is 23.2 Å². The Morgan fingerprint density at radius 2 is 1.85 bits per heavy atom. The second-order valence-electron chi connectivity index (χ2n) is 4.32. The number of halogens is 2. The van der Waals surface area contributed by atoms with Crippen molar-refractivity contribution in [2.75, 3.05) is 36.9 Å². The van der Waals surface area contributed by atoms with E-state index >= 15 is 0 Å². The van der Waals surface area contributed by atoms with Crippen molar-refractivity contribution in [3.8, 4) is 11.5 Å². The van der Waals surface area contributed by atoms with Crippen molar-refractivity contribution in [2.24, 2.45) is 0 Å². The SMILES string of the molecule is Nc1c(Cl)ccc(Cl)c1-c1nc(N2CCOCC2)no1. The molecule has 0 bridgehead atoms. The number of anilines is 2. The molecule has 1 aromatic heterocycles. The van der Waals surface area contributed by atoms with Gasteiger partial charge in [-0.3, -0.25) is 0 Å². The van der Waals surface area contributed by atoms with Crippen molar-refractivity contribution >= 4 is 34.8 Å². The Morgan fingerprint density at radius 1 is 1.15 bits per heavy atom. The number of nitrogens with two attached hydrogens (primary N) is 1. The quantitative estimate of drug-likeness (QED) is 0.858. The first-order chi connectivity index (χ1) is 9.66. The molecule has 0 aliphatic carbocycles. The summed E-state index contributed by atoms with van der Waals surface area (Å²) in [6, 6.07) is 3.27. The Morgan fingerprint density at radius 3 is 2.60 bits per heavy atom. The van der Waals surface area contributed by atoms with E-state index in [2.05, 4.69) is 10.1 Å². The number of aromatic nitrogens is 2. The Bertz CT molecular complexity index is 626. The fraction of sp³-hybridized carbons (Fsp3) is 0.333. The van der Waals surface area contributed by atoms with Crippen molar-refractivity contribution in [1.29, 1.82) is 0 Å². The minimum absolute atomic E-state index is 0.261. The number of nitrogens with zero attached hydrogens (tertiary/aromatic N) is 3. The molecule has 0 saturated carbocycles. The van der Waals surface area contributed by atoms with Crippen molar-refractivity contribution < 1.29 is 9.26 Å². The lowest BCUT2D eigenvalue weighted by Gasteiger charge is -2.24. The predicted molar refractivity (Wildman–Crippen MR) is 77.2 cm³/mol. The average Bonchev–Trinajstić information content (AvgIpc) is 2.94. The molecule has 6 nitrogen and oxygen atoms in total. The van der Waals surface area contributed by atoms with Crippen LogP contribution in [0.15, 0.2) is 16.7 Å². The van der Waals surface area contributed by atoms with E-state index in [4.69, 9.17) is 38.2 Å². The zero-order chi connectivity index (χ0) is 14.1. The number of benzene rings is 1. The molecule has 0 amide bonds. The van der Waals surface area contributed by atoms with Crippen LogP contribution in [0.4, 0.5) is 11.6 Å². The monoisotopic (exact) mass is 314 g/mol. The third-order valence-electron chi connectivity index (χ3n) is 3.06. The summed E-state index contributed by atoms with van der Waals surface area (Å²) in [5.41, 5.74) is 6.72. The van der Waals surface area contributed by atoms with Gasteiger partial charge in [0.25, 0.3) is 11.8 Å². The van der Waals surface area contributed by atoms with Gasteiger partial charge >= 0.3 is 0 Å². The number of ether oxygens (including phenoxy) is 1. The van der Waals surface area contributed by atoms with Crippen LogP contribution in [-0.4, -0.2) is 36.4 Å². The summed E-state index contributed by atoms with van der Waals surface area (Å²) in [5, 5.41) is 4.77.